The molecule has 0 radical (unpaired) electrons. The maximum absolute atomic E-state index is 12.1. The van der Waals surface area contributed by atoms with Gasteiger partial charge in [-0.2, -0.15) is 0 Å². The lowest BCUT2D eigenvalue weighted by Crippen LogP contribution is -2.44. The molecule has 0 spiro atoms. The van der Waals surface area contributed by atoms with Gasteiger partial charge in [-0.25, -0.2) is 0 Å². The first-order valence-corrected chi connectivity index (χ1v) is 5.53. The summed E-state index contributed by atoms with van der Waals surface area (Å²) in [5, 5.41) is 21.8. The molecule has 6 nitrogen and oxygen atoms in total. The molecule has 0 bridgehead atoms. The SMILES string of the molecule is CNC1COCC1C(=O)N1CC(O)C(O)C1. The van der Waals surface area contributed by atoms with E-state index in [4.69, 9.17) is 4.74 Å². The van der Waals surface area contributed by atoms with Crippen LogP contribution in [0.4, 0.5) is 0 Å². The first-order valence-electron chi connectivity index (χ1n) is 5.53. The average Bonchev–Trinajstić information content (AvgIpc) is 2.85. The van der Waals surface area contributed by atoms with Crippen molar-refractivity contribution in [3.8, 4) is 0 Å². The van der Waals surface area contributed by atoms with Gasteiger partial charge in [-0.05, 0) is 7.05 Å². The number of likely N-dealkylation sites (N-methyl/N-ethyl adjacent to an activating group) is 1. The number of ether oxygens (including phenoxy) is 1. The number of aliphatic hydroxyl groups excluding tert-OH is 2. The van der Waals surface area contributed by atoms with Crippen molar-refractivity contribution in [3.05, 3.63) is 0 Å². The van der Waals surface area contributed by atoms with Gasteiger partial charge in [-0.1, -0.05) is 0 Å². The Labute approximate surface area is 94.2 Å². The normalized spacial score (nSPS) is 39.3. The van der Waals surface area contributed by atoms with E-state index in [9.17, 15) is 15.0 Å². The van der Waals surface area contributed by atoms with E-state index in [0.29, 0.717) is 13.2 Å². The number of hydrogen-bond acceptors (Lipinski definition) is 5. The molecule has 2 aliphatic rings. The average molecular weight is 230 g/mol. The van der Waals surface area contributed by atoms with Crippen LogP contribution in [0.1, 0.15) is 0 Å². The molecule has 3 N–H and O–H groups in total. The Hall–Kier alpha value is -0.690. The predicted molar refractivity (Wildman–Crippen MR) is 55.8 cm³/mol. The first kappa shape index (κ1) is 11.8. The van der Waals surface area contributed by atoms with Gasteiger partial charge in [0.1, 0.15) is 0 Å². The molecule has 6 heteroatoms. The van der Waals surface area contributed by atoms with Crippen LogP contribution in [0.25, 0.3) is 0 Å². The Balaban J connectivity index is 1.97. The van der Waals surface area contributed by atoms with Crippen molar-refractivity contribution >= 4 is 5.91 Å². The molecule has 2 heterocycles. The molecule has 16 heavy (non-hydrogen) atoms. The topological polar surface area (TPSA) is 82.0 Å². The summed E-state index contributed by atoms with van der Waals surface area (Å²) in [6.07, 6.45) is -1.64. The van der Waals surface area contributed by atoms with Gasteiger partial charge >= 0.3 is 0 Å². The third kappa shape index (κ3) is 2.06. The predicted octanol–water partition coefficient (Wildman–Crippen LogP) is -2.22. The zero-order valence-electron chi connectivity index (χ0n) is 9.30. The van der Waals surface area contributed by atoms with Crippen LogP contribution >= 0.6 is 0 Å². The van der Waals surface area contributed by atoms with Crippen LogP contribution in [0.3, 0.4) is 0 Å². The lowest BCUT2D eigenvalue weighted by Gasteiger charge is -2.22. The third-order valence-corrected chi connectivity index (χ3v) is 3.34. The van der Waals surface area contributed by atoms with Gasteiger partial charge in [-0.15, -0.1) is 0 Å². The van der Waals surface area contributed by atoms with Crippen molar-refractivity contribution in [2.75, 3.05) is 33.4 Å². The number of likely N-dealkylation sites (tertiary alicyclic amines) is 1. The number of carbonyl (C=O) groups is 1. The smallest absolute Gasteiger partial charge is 0.229 e. The summed E-state index contributed by atoms with van der Waals surface area (Å²) in [6, 6.07) is 0.0300. The lowest BCUT2D eigenvalue weighted by atomic mass is 10.0. The maximum atomic E-state index is 12.1. The van der Waals surface area contributed by atoms with Gasteiger partial charge in [0.2, 0.25) is 5.91 Å². The molecule has 2 saturated heterocycles. The number of amides is 1. The number of nitrogens with zero attached hydrogens (tertiary/aromatic N) is 1. The largest absolute Gasteiger partial charge is 0.388 e. The second-order valence-electron chi connectivity index (χ2n) is 4.42. The summed E-state index contributed by atoms with van der Waals surface area (Å²) in [7, 11) is 1.80. The van der Waals surface area contributed by atoms with Gasteiger partial charge in [0, 0.05) is 19.1 Å². The number of aliphatic hydroxyl groups is 2. The molecule has 1 amide bonds. The lowest BCUT2D eigenvalue weighted by molar-refractivity contribution is -0.135. The molecule has 2 fully saturated rings. The minimum absolute atomic E-state index is 0.0300. The molecule has 2 rings (SSSR count). The Bertz CT molecular complexity index is 264. The Morgan fingerprint density at radius 2 is 1.94 bits per heavy atom. The zero-order chi connectivity index (χ0) is 11.7. The monoisotopic (exact) mass is 230 g/mol. The molecule has 2 aliphatic heterocycles. The molecule has 92 valence electrons. The number of hydrogen-bond donors (Lipinski definition) is 3. The van der Waals surface area contributed by atoms with Gasteiger partial charge in [0.05, 0.1) is 31.3 Å². The van der Waals surface area contributed by atoms with Crippen LogP contribution in [0.2, 0.25) is 0 Å². The van der Waals surface area contributed by atoms with E-state index in [0.717, 1.165) is 0 Å². The number of rotatable bonds is 2. The fourth-order valence-electron chi connectivity index (χ4n) is 2.27. The highest BCUT2D eigenvalue weighted by atomic mass is 16.5. The fraction of sp³-hybridized carbons (Fsp3) is 0.900. The molecule has 0 aliphatic carbocycles. The van der Waals surface area contributed by atoms with Gasteiger partial charge < -0.3 is 25.2 Å². The molecular formula is C10H18N2O4. The van der Waals surface area contributed by atoms with E-state index in [1.54, 1.807) is 7.05 Å². The maximum Gasteiger partial charge on any atom is 0.229 e. The van der Waals surface area contributed by atoms with Gasteiger partial charge in [0.25, 0.3) is 0 Å². The summed E-state index contributed by atoms with van der Waals surface area (Å²) >= 11 is 0. The number of nitrogens with one attached hydrogen (secondary N) is 1. The number of β-amino-alcohol motifs (C(OH)–C–C–N with tert-alkyl or cyclic N) is 2. The Morgan fingerprint density at radius 3 is 2.50 bits per heavy atom. The van der Waals surface area contributed by atoms with Crippen LogP contribution in [0, 0.1) is 5.92 Å². The van der Waals surface area contributed by atoms with Gasteiger partial charge in [-0.3, -0.25) is 4.79 Å². The molecule has 0 aromatic heterocycles. The van der Waals surface area contributed by atoms with E-state index in [-0.39, 0.29) is 31.0 Å². The van der Waals surface area contributed by atoms with Crippen molar-refractivity contribution in [1.82, 2.24) is 10.2 Å². The molecule has 4 atom stereocenters. The van der Waals surface area contributed by atoms with E-state index < -0.39 is 12.2 Å². The van der Waals surface area contributed by atoms with Crippen LogP contribution < -0.4 is 5.32 Å². The molecule has 0 aromatic rings. The standard InChI is InChI=1S/C10H18N2O4/c1-11-7-5-16-4-6(7)10(15)12-2-8(13)9(14)3-12/h6-9,11,13-14H,2-5H2,1H3. The Kier molecular flexibility index (Phi) is 3.44. The highest BCUT2D eigenvalue weighted by Gasteiger charge is 2.40. The summed E-state index contributed by atoms with van der Waals surface area (Å²) in [4.78, 5) is 13.6. The zero-order valence-corrected chi connectivity index (χ0v) is 9.30. The van der Waals surface area contributed by atoms with Crippen molar-refractivity contribution in [1.29, 1.82) is 0 Å². The second kappa shape index (κ2) is 4.67. The summed E-state index contributed by atoms with van der Waals surface area (Å²) < 4.78 is 5.26. The fourth-order valence-corrected chi connectivity index (χ4v) is 2.27. The van der Waals surface area contributed by atoms with Crippen molar-refractivity contribution in [2.45, 2.75) is 18.2 Å². The quantitative estimate of drug-likeness (QED) is 0.501. The highest BCUT2D eigenvalue weighted by Crippen LogP contribution is 2.20. The summed E-state index contributed by atoms with van der Waals surface area (Å²) in [6.45, 7) is 1.37. The van der Waals surface area contributed by atoms with E-state index >= 15 is 0 Å². The van der Waals surface area contributed by atoms with Crippen molar-refractivity contribution < 1.29 is 19.7 Å². The van der Waals surface area contributed by atoms with Crippen molar-refractivity contribution in [2.24, 2.45) is 5.92 Å². The van der Waals surface area contributed by atoms with Crippen molar-refractivity contribution in [3.63, 3.8) is 0 Å². The minimum atomic E-state index is -0.820. The van der Waals surface area contributed by atoms with Crippen LogP contribution in [0.5, 0.6) is 0 Å². The summed E-state index contributed by atoms with van der Waals surface area (Å²) in [5.41, 5.74) is 0. The van der Waals surface area contributed by atoms with E-state index in [2.05, 4.69) is 5.32 Å². The van der Waals surface area contributed by atoms with E-state index in [1.807, 2.05) is 0 Å². The second-order valence-corrected chi connectivity index (χ2v) is 4.42. The number of carbonyl (C=O) groups excluding carboxylic acids is 1. The summed E-state index contributed by atoms with van der Waals surface area (Å²) in [5.74, 6) is -0.255. The van der Waals surface area contributed by atoms with Crippen LogP contribution in [-0.2, 0) is 9.53 Å². The highest BCUT2D eigenvalue weighted by molar-refractivity contribution is 5.80. The minimum Gasteiger partial charge on any atom is -0.388 e. The van der Waals surface area contributed by atoms with E-state index in [1.165, 1.54) is 4.90 Å². The molecule has 0 aromatic carbocycles. The van der Waals surface area contributed by atoms with Crippen LogP contribution in [-0.4, -0.2) is 72.6 Å². The molecule has 4 unspecified atom stereocenters. The molecule has 0 saturated carbocycles. The van der Waals surface area contributed by atoms with Gasteiger partial charge in [0.15, 0.2) is 0 Å². The van der Waals surface area contributed by atoms with Crippen LogP contribution in [0.15, 0.2) is 0 Å². The molecular weight excluding hydrogens is 212 g/mol. The first-order chi connectivity index (χ1) is 7.63. The third-order valence-electron chi connectivity index (χ3n) is 3.34. The Morgan fingerprint density at radius 1 is 1.31 bits per heavy atom.